The van der Waals surface area contributed by atoms with Crippen LogP contribution in [0.2, 0.25) is 0 Å². The molecule has 0 saturated heterocycles. The van der Waals surface area contributed by atoms with Gasteiger partial charge in [-0.15, -0.1) is 10.2 Å². The van der Waals surface area contributed by atoms with E-state index in [-0.39, 0.29) is 5.91 Å². The minimum Gasteiger partial charge on any atom is -0.330 e. The van der Waals surface area contributed by atoms with E-state index in [4.69, 9.17) is 0 Å². The number of benzene rings is 3. The molecule has 2 N–H and O–H groups in total. The van der Waals surface area contributed by atoms with Gasteiger partial charge < -0.3 is 10.6 Å². The zero-order chi connectivity index (χ0) is 22.5. The highest BCUT2D eigenvalue weighted by Gasteiger charge is 2.24. The van der Waals surface area contributed by atoms with E-state index in [1.165, 1.54) is 23.1 Å². The molecule has 1 aromatic heterocycles. The molecular weight excluding hydrogens is 436 g/mol. The van der Waals surface area contributed by atoms with Crippen molar-refractivity contribution in [3.05, 3.63) is 95.1 Å². The smallest absolute Gasteiger partial charge is 0.242 e. The Balaban J connectivity index is 1.55. The summed E-state index contributed by atoms with van der Waals surface area (Å²) in [5.74, 6) is -0.0847. The number of aryl methyl sites for hydroxylation is 3. The minimum absolute atomic E-state index is 0.0847. The van der Waals surface area contributed by atoms with Crippen molar-refractivity contribution < 1.29 is 4.79 Å². The normalized spacial score (nSPS) is 11.7. The standard InChI is InChI=1S/C25H24N4OS2/c1-16-13-14-18(3)21(15-16)26-23(30)22(19-10-5-4-6-11-19)31-25-29-28-24(32-25)27-20-12-8-7-9-17(20)2/h4-15,22H,1-3H3,(H,26,30)(H,27,28). The van der Waals surface area contributed by atoms with Crippen molar-refractivity contribution in [2.24, 2.45) is 0 Å². The molecule has 7 heteroatoms. The second-order valence-electron chi connectivity index (χ2n) is 7.53. The maximum atomic E-state index is 13.3. The summed E-state index contributed by atoms with van der Waals surface area (Å²) >= 11 is 2.85. The van der Waals surface area contributed by atoms with Crippen LogP contribution in [0.15, 0.2) is 77.1 Å². The van der Waals surface area contributed by atoms with E-state index in [0.717, 1.165) is 38.0 Å². The molecule has 1 unspecified atom stereocenters. The Bertz CT molecular complexity index is 1220. The highest BCUT2D eigenvalue weighted by atomic mass is 32.2. The van der Waals surface area contributed by atoms with Crippen molar-refractivity contribution in [2.45, 2.75) is 30.4 Å². The van der Waals surface area contributed by atoms with Crippen molar-refractivity contribution in [1.29, 1.82) is 0 Å². The summed E-state index contributed by atoms with van der Waals surface area (Å²) in [7, 11) is 0. The molecule has 4 rings (SSSR count). The van der Waals surface area contributed by atoms with Gasteiger partial charge >= 0.3 is 0 Å². The van der Waals surface area contributed by atoms with Crippen LogP contribution in [0.4, 0.5) is 16.5 Å². The second kappa shape index (κ2) is 9.97. The second-order valence-corrected chi connectivity index (χ2v) is 9.86. The lowest BCUT2D eigenvalue weighted by Crippen LogP contribution is -2.19. The summed E-state index contributed by atoms with van der Waals surface area (Å²) in [5, 5.41) is 15.3. The summed E-state index contributed by atoms with van der Waals surface area (Å²) < 4.78 is 0.728. The highest BCUT2D eigenvalue weighted by molar-refractivity contribution is 8.02. The molecule has 32 heavy (non-hydrogen) atoms. The van der Waals surface area contributed by atoms with Crippen LogP contribution in [0, 0.1) is 20.8 Å². The van der Waals surface area contributed by atoms with Gasteiger partial charge in [-0.1, -0.05) is 83.8 Å². The van der Waals surface area contributed by atoms with Crippen molar-refractivity contribution >= 4 is 45.5 Å². The molecule has 3 aromatic carbocycles. The van der Waals surface area contributed by atoms with Gasteiger partial charge in [-0.3, -0.25) is 4.79 Å². The van der Waals surface area contributed by atoms with Gasteiger partial charge in [0.15, 0.2) is 4.34 Å². The molecule has 1 atom stereocenters. The van der Waals surface area contributed by atoms with E-state index in [1.54, 1.807) is 0 Å². The number of carbonyl (C=O) groups excluding carboxylic acids is 1. The number of anilines is 3. The van der Waals surface area contributed by atoms with Gasteiger partial charge in [-0.2, -0.15) is 0 Å². The Kier molecular flexibility index (Phi) is 6.87. The Morgan fingerprint density at radius 1 is 0.875 bits per heavy atom. The summed E-state index contributed by atoms with van der Waals surface area (Å²) in [6.45, 7) is 6.05. The third kappa shape index (κ3) is 5.36. The Hall–Kier alpha value is -3.16. The molecule has 0 radical (unpaired) electrons. The number of hydrogen-bond acceptors (Lipinski definition) is 6. The van der Waals surface area contributed by atoms with Crippen LogP contribution in [0.1, 0.15) is 27.5 Å². The molecule has 5 nitrogen and oxygen atoms in total. The van der Waals surface area contributed by atoms with Gasteiger partial charge in [-0.25, -0.2) is 0 Å². The van der Waals surface area contributed by atoms with E-state index < -0.39 is 5.25 Å². The van der Waals surface area contributed by atoms with Crippen molar-refractivity contribution in [3.8, 4) is 0 Å². The topological polar surface area (TPSA) is 66.9 Å². The molecule has 162 valence electrons. The summed E-state index contributed by atoms with van der Waals surface area (Å²) in [5.41, 5.74) is 6.01. The number of nitrogens with one attached hydrogen (secondary N) is 2. The molecule has 0 aliphatic heterocycles. The highest BCUT2D eigenvalue weighted by Crippen LogP contribution is 2.39. The van der Waals surface area contributed by atoms with E-state index in [9.17, 15) is 4.79 Å². The Labute approximate surface area is 196 Å². The molecule has 4 aromatic rings. The van der Waals surface area contributed by atoms with Gasteiger partial charge in [0, 0.05) is 11.4 Å². The average molecular weight is 461 g/mol. The van der Waals surface area contributed by atoms with E-state index in [2.05, 4.69) is 20.8 Å². The average Bonchev–Trinajstić information content (AvgIpc) is 3.24. The minimum atomic E-state index is -0.449. The SMILES string of the molecule is Cc1ccc(C)c(NC(=O)C(Sc2nnc(Nc3ccccc3C)s2)c2ccccc2)c1. The van der Waals surface area contributed by atoms with Crippen LogP contribution in [0.25, 0.3) is 0 Å². The first kappa shape index (κ1) is 22.0. The van der Waals surface area contributed by atoms with Gasteiger partial charge in [0.05, 0.1) is 0 Å². The van der Waals surface area contributed by atoms with E-state index >= 15 is 0 Å². The predicted octanol–water partition coefficient (Wildman–Crippen LogP) is 6.68. The van der Waals surface area contributed by atoms with Crippen LogP contribution < -0.4 is 10.6 Å². The number of amides is 1. The fourth-order valence-corrected chi connectivity index (χ4v) is 5.16. The van der Waals surface area contributed by atoms with Gasteiger partial charge in [-0.05, 0) is 55.2 Å². The number of rotatable bonds is 7. The number of nitrogens with zero attached hydrogens (tertiary/aromatic N) is 2. The Morgan fingerprint density at radius 2 is 1.59 bits per heavy atom. The first-order valence-corrected chi connectivity index (χ1v) is 11.9. The third-order valence-corrected chi connectivity index (χ3v) is 7.18. The number of para-hydroxylation sites is 1. The Morgan fingerprint density at radius 3 is 2.38 bits per heavy atom. The van der Waals surface area contributed by atoms with Crippen LogP contribution in [-0.4, -0.2) is 16.1 Å². The molecule has 0 fully saturated rings. The molecule has 0 aliphatic carbocycles. The summed E-state index contributed by atoms with van der Waals surface area (Å²) in [6, 6.07) is 23.9. The van der Waals surface area contributed by atoms with Crippen LogP contribution in [0.5, 0.6) is 0 Å². The van der Waals surface area contributed by atoms with Crippen molar-refractivity contribution in [3.63, 3.8) is 0 Å². The molecule has 0 bridgehead atoms. The van der Waals surface area contributed by atoms with Gasteiger partial charge in [0.25, 0.3) is 0 Å². The molecule has 0 saturated carbocycles. The molecule has 1 amide bonds. The van der Waals surface area contributed by atoms with Crippen LogP contribution in [-0.2, 0) is 4.79 Å². The molecule has 0 aliphatic rings. The molecule has 1 heterocycles. The van der Waals surface area contributed by atoms with Crippen LogP contribution in [0.3, 0.4) is 0 Å². The number of hydrogen-bond donors (Lipinski definition) is 2. The maximum Gasteiger partial charge on any atom is 0.242 e. The van der Waals surface area contributed by atoms with Gasteiger partial charge in [0.2, 0.25) is 11.0 Å². The number of carbonyl (C=O) groups is 1. The zero-order valence-electron chi connectivity index (χ0n) is 18.1. The third-order valence-electron chi connectivity index (χ3n) is 5.00. The van der Waals surface area contributed by atoms with E-state index in [1.807, 2.05) is 93.6 Å². The zero-order valence-corrected chi connectivity index (χ0v) is 19.8. The van der Waals surface area contributed by atoms with Crippen molar-refractivity contribution in [1.82, 2.24) is 10.2 Å². The molecular formula is C25H24N4OS2. The lowest BCUT2D eigenvalue weighted by atomic mass is 10.1. The monoisotopic (exact) mass is 460 g/mol. The first-order chi connectivity index (χ1) is 15.5. The predicted molar refractivity (Wildman–Crippen MR) is 134 cm³/mol. The van der Waals surface area contributed by atoms with Crippen molar-refractivity contribution in [2.75, 3.05) is 10.6 Å². The number of aromatic nitrogens is 2. The van der Waals surface area contributed by atoms with Crippen LogP contribution >= 0.6 is 23.1 Å². The lowest BCUT2D eigenvalue weighted by molar-refractivity contribution is -0.115. The van der Waals surface area contributed by atoms with E-state index in [0.29, 0.717) is 5.13 Å². The largest absolute Gasteiger partial charge is 0.330 e. The maximum absolute atomic E-state index is 13.3. The summed E-state index contributed by atoms with van der Waals surface area (Å²) in [4.78, 5) is 13.3. The fourth-order valence-electron chi connectivity index (χ4n) is 3.21. The fraction of sp³-hybridized carbons (Fsp3) is 0.160. The number of thioether (sulfide) groups is 1. The van der Waals surface area contributed by atoms with Gasteiger partial charge in [0.1, 0.15) is 5.25 Å². The quantitative estimate of drug-likeness (QED) is 0.301. The summed E-state index contributed by atoms with van der Waals surface area (Å²) in [6.07, 6.45) is 0. The lowest BCUT2D eigenvalue weighted by Gasteiger charge is -2.17. The first-order valence-electron chi connectivity index (χ1n) is 10.3. The molecule has 0 spiro atoms.